The van der Waals surface area contributed by atoms with Gasteiger partial charge in [-0.15, -0.1) is 0 Å². The highest BCUT2D eigenvalue weighted by molar-refractivity contribution is 6.44. The molecule has 2 aromatic rings. The number of ether oxygens (including phenoxy) is 1. The molecule has 0 heterocycles. The summed E-state index contributed by atoms with van der Waals surface area (Å²) in [5.41, 5.74) is 7.70. The van der Waals surface area contributed by atoms with Crippen LogP contribution in [0, 0.1) is 6.92 Å². The summed E-state index contributed by atoms with van der Waals surface area (Å²) in [6.45, 7) is 1.87. The van der Waals surface area contributed by atoms with Gasteiger partial charge < -0.3 is 21.1 Å². The molecule has 0 aliphatic carbocycles. The third-order valence-corrected chi connectivity index (χ3v) is 3.40. The molecular weight excluding hydrogens is 318 g/mol. The minimum Gasteiger partial charge on any atom is -0.495 e. The number of benzene rings is 2. The Morgan fingerprint density at radius 3 is 2.43 bits per heavy atom. The van der Waals surface area contributed by atoms with Gasteiger partial charge in [-0.25, -0.2) is 0 Å². The average molecular weight is 334 g/mol. The standard InChI is InChI=1S/C16H16ClN3O3/c1-9-3-6-14(23-2)13(7-9)20-16(22)15(21)19-10-4-5-12(18)11(17)8-10/h3-8H,18H2,1-2H3,(H,19,21)(H,20,22). The number of rotatable bonds is 3. The van der Waals surface area contributed by atoms with Crippen LogP contribution in [0.4, 0.5) is 17.1 Å². The largest absolute Gasteiger partial charge is 0.495 e. The van der Waals surface area contributed by atoms with Crippen LogP contribution in [-0.4, -0.2) is 18.9 Å². The fourth-order valence-corrected chi connectivity index (χ4v) is 2.07. The Labute approximate surface area is 138 Å². The van der Waals surface area contributed by atoms with Gasteiger partial charge in [-0.1, -0.05) is 17.7 Å². The van der Waals surface area contributed by atoms with E-state index >= 15 is 0 Å². The van der Waals surface area contributed by atoms with Gasteiger partial charge in [0.05, 0.1) is 23.5 Å². The number of carbonyl (C=O) groups is 2. The van der Waals surface area contributed by atoms with Crippen molar-refractivity contribution < 1.29 is 14.3 Å². The minimum absolute atomic E-state index is 0.295. The van der Waals surface area contributed by atoms with Crippen LogP contribution in [0.25, 0.3) is 0 Å². The predicted octanol–water partition coefficient (Wildman–Crippen LogP) is 2.82. The number of amides is 2. The second-order valence-corrected chi connectivity index (χ2v) is 5.26. The Morgan fingerprint density at radius 1 is 1.09 bits per heavy atom. The Kier molecular flexibility index (Phi) is 5.08. The summed E-state index contributed by atoms with van der Waals surface area (Å²) in [7, 11) is 1.48. The average Bonchev–Trinajstić information content (AvgIpc) is 2.51. The van der Waals surface area contributed by atoms with Crippen molar-refractivity contribution in [2.24, 2.45) is 0 Å². The highest BCUT2D eigenvalue weighted by Gasteiger charge is 2.16. The van der Waals surface area contributed by atoms with E-state index in [2.05, 4.69) is 10.6 Å². The third-order valence-electron chi connectivity index (χ3n) is 3.07. The molecule has 4 N–H and O–H groups in total. The summed E-state index contributed by atoms with van der Waals surface area (Å²) in [4.78, 5) is 24.0. The Bertz CT molecular complexity index is 762. The van der Waals surface area contributed by atoms with E-state index in [1.807, 2.05) is 13.0 Å². The van der Waals surface area contributed by atoms with Gasteiger partial charge in [0, 0.05) is 5.69 Å². The van der Waals surface area contributed by atoms with Crippen molar-refractivity contribution in [3.8, 4) is 5.75 Å². The summed E-state index contributed by atoms with van der Waals surface area (Å²) in [6, 6.07) is 9.83. The molecule has 0 atom stereocenters. The maximum Gasteiger partial charge on any atom is 0.314 e. The summed E-state index contributed by atoms with van der Waals surface area (Å²) in [5, 5.41) is 5.26. The van der Waals surface area contributed by atoms with Crippen molar-refractivity contribution in [3.63, 3.8) is 0 Å². The quantitative estimate of drug-likeness (QED) is 0.594. The van der Waals surface area contributed by atoms with Gasteiger partial charge in [-0.05, 0) is 42.8 Å². The molecule has 6 nitrogen and oxygen atoms in total. The number of nitrogen functional groups attached to an aromatic ring is 1. The van der Waals surface area contributed by atoms with Gasteiger partial charge in [0.25, 0.3) is 0 Å². The Balaban J connectivity index is 2.10. The molecule has 2 aromatic carbocycles. The fraction of sp³-hybridized carbons (Fsp3) is 0.125. The van der Waals surface area contributed by atoms with Crippen LogP contribution in [0.1, 0.15) is 5.56 Å². The first kappa shape index (κ1) is 16.6. The number of hydrogen-bond acceptors (Lipinski definition) is 4. The number of halogens is 1. The summed E-state index contributed by atoms with van der Waals surface area (Å²) >= 11 is 5.87. The van der Waals surface area contributed by atoms with Crippen LogP contribution < -0.4 is 21.1 Å². The molecule has 120 valence electrons. The molecule has 0 spiro atoms. The zero-order valence-electron chi connectivity index (χ0n) is 12.6. The van der Waals surface area contributed by atoms with Crippen molar-refractivity contribution in [1.29, 1.82) is 0 Å². The summed E-state index contributed by atoms with van der Waals surface area (Å²) in [6.07, 6.45) is 0. The molecule has 0 aliphatic heterocycles. The lowest BCUT2D eigenvalue weighted by atomic mass is 10.2. The number of anilines is 3. The van der Waals surface area contributed by atoms with Crippen LogP contribution in [-0.2, 0) is 9.59 Å². The lowest BCUT2D eigenvalue weighted by molar-refractivity contribution is -0.133. The van der Waals surface area contributed by atoms with Crippen LogP contribution in [0.5, 0.6) is 5.75 Å². The molecule has 0 saturated heterocycles. The van der Waals surface area contributed by atoms with Crippen LogP contribution >= 0.6 is 11.6 Å². The number of nitrogens with two attached hydrogens (primary N) is 1. The van der Waals surface area contributed by atoms with E-state index in [1.54, 1.807) is 24.3 Å². The summed E-state index contributed by atoms with van der Waals surface area (Å²) in [5.74, 6) is -1.18. The van der Waals surface area contributed by atoms with E-state index in [0.29, 0.717) is 27.8 Å². The van der Waals surface area contributed by atoms with E-state index in [0.717, 1.165) is 5.56 Å². The first-order valence-corrected chi connectivity index (χ1v) is 7.10. The first-order valence-electron chi connectivity index (χ1n) is 6.72. The number of nitrogens with one attached hydrogen (secondary N) is 2. The molecule has 0 aliphatic rings. The maximum absolute atomic E-state index is 12.0. The second kappa shape index (κ2) is 7.02. The van der Waals surface area contributed by atoms with E-state index in [9.17, 15) is 9.59 Å². The first-order chi connectivity index (χ1) is 10.9. The SMILES string of the molecule is COc1ccc(C)cc1NC(=O)C(=O)Nc1ccc(N)c(Cl)c1. The van der Waals surface area contributed by atoms with Gasteiger partial charge in [0.2, 0.25) is 0 Å². The number of methoxy groups -OCH3 is 1. The Hall–Kier alpha value is -2.73. The van der Waals surface area contributed by atoms with Gasteiger partial charge in [0.1, 0.15) is 5.75 Å². The van der Waals surface area contributed by atoms with E-state index in [-0.39, 0.29) is 0 Å². The predicted molar refractivity (Wildman–Crippen MR) is 90.9 cm³/mol. The summed E-state index contributed by atoms with van der Waals surface area (Å²) < 4.78 is 5.15. The minimum atomic E-state index is -0.825. The zero-order chi connectivity index (χ0) is 17.0. The smallest absolute Gasteiger partial charge is 0.314 e. The number of aryl methyl sites for hydroxylation is 1. The molecule has 0 radical (unpaired) electrons. The maximum atomic E-state index is 12.0. The molecule has 2 amide bonds. The highest BCUT2D eigenvalue weighted by atomic mass is 35.5. The number of carbonyl (C=O) groups excluding carboxylic acids is 2. The van der Waals surface area contributed by atoms with Crippen molar-refractivity contribution in [3.05, 3.63) is 47.0 Å². The lowest BCUT2D eigenvalue weighted by Gasteiger charge is -2.11. The van der Waals surface area contributed by atoms with Crippen molar-refractivity contribution in [2.45, 2.75) is 6.92 Å². The molecular formula is C16H16ClN3O3. The monoisotopic (exact) mass is 333 g/mol. The molecule has 0 bridgehead atoms. The molecule has 2 rings (SSSR count). The highest BCUT2D eigenvalue weighted by Crippen LogP contribution is 2.25. The molecule has 0 fully saturated rings. The van der Waals surface area contributed by atoms with Crippen LogP contribution in [0.3, 0.4) is 0 Å². The van der Waals surface area contributed by atoms with Crippen molar-refractivity contribution in [1.82, 2.24) is 0 Å². The Morgan fingerprint density at radius 2 is 1.78 bits per heavy atom. The molecule has 0 saturated carbocycles. The van der Waals surface area contributed by atoms with Gasteiger partial charge in [0.15, 0.2) is 0 Å². The second-order valence-electron chi connectivity index (χ2n) is 4.85. The lowest BCUT2D eigenvalue weighted by Crippen LogP contribution is -2.29. The van der Waals surface area contributed by atoms with Gasteiger partial charge >= 0.3 is 11.8 Å². The normalized spacial score (nSPS) is 10.0. The van der Waals surface area contributed by atoms with E-state index in [4.69, 9.17) is 22.1 Å². The van der Waals surface area contributed by atoms with Gasteiger partial charge in [-0.3, -0.25) is 9.59 Å². The third kappa shape index (κ3) is 4.14. The van der Waals surface area contributed by atoms with Crippen LogP contribution in [0.15, 0.2) is 36.4 Å². The van der Waals surface area contributed by atoms with Crippen molar-refractivity contribution in [2.75, 3.05) is 23.5 Å². The van der Waals surface area contributed by atoms with E-state index < -0.39 is 11.8 Å². The molecule has 0 aromatic heterocycles. The molecule has 0 unspecified atom stereocenters. The van der Waals surface area contributed by atoms with Crippen LogP contribution in [0.2, 0.25) is 5.02 Å². The van der Waals surface area contributed by atoms with Crippen molar-refractivity contribution >= 4 is 40.5 Å². The number of hydrogen-bond donors (Lipinski definition) is 3. The van der Waals surface area contributed by atoms with Gasteiger partial charge in [-0.2, -0.15) is 0 Å². The molecule has 23 heavy (non-hydrogen) atoms. The fourth-order valence-electron chi connectivity index (χ4n) is 1.89. The zero-order valence-corrected chi connectivity index (χ0v) is 13.4. The topological polar surface area (TPSA) is 93.4 Å². The van der Waals surface area contributed by atoms with E-state index in [1.165, 1.54) is 13.2 Å². The molecule has 7 heteroatoms.